The number of allylic oxidation sites excluding steroid dienone is 2. The fourth-order valence-electron chi connectivity index (χ4n) is 7.09. The lowest BCUT2D eigenvalue weighted by Gasteiger charge is -2.58. The number of hydrogen-bond acceptors (Lipinski definition) is 9. The molecule has 1 amide bonds. The van der Waals surface area contributed by atoms with Crippen molar-refractivity contribution in [3.8, 4) is 5.75 Å². The monoisotopic (exact) mass is 526 g/mol. The molecule has 1 heterocycles. The third-order valence-electron chi connectivity index (χ3n) is 8.73. The minimum Gasteiger partial charge on any atom is -0.508 e. The number of phenolic OH excluding ortho intramolecular Hbond substituents is 1. The van der Waals surface area contributed by atoms with Gasteiger partial charge in [-0.25, -0.2) is 0 Å². The average Bonchev–Trinajstić information content (AvgIpc) is 2.85. The van der Waals surface area contributed by atoms with Gasteiger partial charge in [0, 0.05) is 29.9 Å². The topological polar surface area (TPSA) is 171 Å². The maximum absolute atomic E-state index is 13.8. The molecule has 38 heavy (non-hydrogen) atoms. The number of carbonyl (C=O) groups excluding carboxylic acids is 3. The first-order valence-corrected chi connectivity index (χ1v) is 13.0. The van der Waals surface area contributed by atoms with Crippen LogP contribution < -0.4 is 5.73 Å². The van der Waals surface area contributed by atoms with Crippen molar-refractivity contribution < 1.29 is 39.5 Å². The summed E-state index contributed by atoms with van der Waals surface area (Å²) < 4.78 is 6.46. The van der Waals surface area contributed by atoms with E-state index in [2.05, 4.69) is 6.92 Å². The lowest BCUT2D eigenvalue weighted by molar-refractivity contribution is -0.197. The number of nitrogens with two attached hydrogens (primary N) is 1. The number of rotatable bonds is 6. The molecule has 204 valence electrons. The van der Waals surface area contributed by atoms with Crippen LogP contribution in [0.25, 0.3) is 0 Å². The molecule has 1 aliphatic heterocycles. The number of aliphatic hydroxyl groups excluding tert-OH is 2. The number of unbranched alkanes of at least 4 members (excludes halogenated alkanes) is 2. The van der Waals surface area contributed by atoms with Crippen LogP contribution in [0.3, 0.4) is 0 Å². The zero-order valence-corrected chi connectivity index (χ0v) is 21.6. The molecule has 1 aromatic rings. The fraction of sp³-hybridized carbons (Fsp3) is 0.536. The van der Waals surface area contributed by atoms with Crippen LogP contribution in [0, 0.1) is 17.8 Å². The Balaban J connectivity index is 1.79. The number of likely N-dealkylation sites (N-methyl/N-ethyl adjacent to an activating group) is 1. The van der Waals surface area contributed by atoms with Crippen molar-refractivity contribution in [2.75, 3.05) is 14.1 Å². The summed E-state index contributed by atoms with van der Waals surface area (Å²) in [7, 11) is 3.24. The smallest absolute Gasteiger partial charge is 0.230 e. The number of hydrogen-bond donors (Lipinski definition) is 5. The second-order valence-corrected chi connectivity index (χ2v) is 11.0. The van der Waals surface area contributed by atoms with Crippen LogP contribution in [-0.2, 0) is 14.3 Å². The highest BCUT2D eigenvalue weighted by Crippen LogP contribution is 2.58. The van der Waals surface area contributed by atoms with E-state index in [1.165, 1.54) is 6.07 Å². The first-order chi connectivity index (χ1) is 18.0. The zero-order chi connectivity index (χ0) is 27.7. The maximum atomic E-state index is 13.8. The Morgan fingerprint density at radius 1 is 1.18 bits per heavy atom. The molecule has 10 nitrogen and oxygen atoms in total. The van der Waals surface area contributed by atoms with Gasteiger partial charge in [-0.05, 0) is 38.2 Å². The molecule has 0 bridgehead atoms. The molecule has 8 atom stereocenters. The molecule has 0 aromatic heterocycles. The van der Waals surface area contributed by atoms with Gasteiger partial charge in [0.1, 0.15) is 23.5 Å². The lowest BCUT2D eigenvalue weighted by Crippen LogP contribution is -2.75. The average molecular weight is 527 g/mol. The second-order valence-electron chi connectivity index (χ2n) is 11.0. The number of aromatic hydroxyl groups is 1. The highest BCUT2D eigenvalue weighted by atomic mass is 16.5. The highest BCUT2D eigenvalue weighted by molar-refractivity contribution is 6.16. The van der Waals surface area contributed by atoms with Gasteiger partial charge in [-0.2, -0.15) is 0 Å². The summed E-state index contributed by atoms with van der Waals surface area (Å²) in [5.74, 6) is -7.96. The van der Waals surface area contributed by atoms with E-state index in [4.69, 9.17) is 10.5 Å². The number of benzene rings is 1. The molecular weight excluding hydrogens is 492 g/mol. The van der Waals surface area contributed by atoms with Crippen molar-refractivity contribution >= 4 is 17.5 Å². The number of nitrogens with zero attached hydrogens (tertiary/aromatic N) is 1. The van der Waals surface area contributed by atoms with Crippen LogP contribution in [0.5, 0.6) is 5.75 Å². The van der Waals surface area contributed by atoms with E-state index in [1.54, 1.807) is 31.1 Å². The van der Waals surface area contributed by atoms with E-state index in [0.29, 0.717) is 17.7 Å². The van der Waals surface area contributed by atoms with Crippen LogP contribution >= 0.6 is 0 Å². The van der Waals surface area contributed by atoms with E-state index >= 15 is 0 Å². The number of phenols is 1. The van der Waals surface area contributed by atoms with E-state index in [9.17, 15) is 34.8 Å². The van der Waals surface area contributed by atoms with Crippen LogP contribution in [0.2, 0.25) is 0 Å². The molecular formula is C28H34N2O8. The third kappa shape index (κ3) is 3.47. The largest absolute Gasteiger partial charge is 0.508 e. The van der Waals surface area contributed by atoms with Crippen LogP contribution in [0.15, 0.2) is 41.4 Å². The number of carbonyl (C=O) groups is 3. The van der Waals surface area contributed by atoms with E-state index < -0.39 is 70.8 Å². The normalized spacial score (nSPS) is 35.7. The lowest BCUT2D eigenvalue weighted by atomic mass is 9.52. The van der Waals surface area contributed by atoms with Crippen molar-refractivity contribution in [3.05, 3.63) is 52.5 Å². The van der Waals surface area contributed by atoms with Gasteiger partial charge in [0.25, 0.3) is 0 Å². The molecule has 6 N–H and O–H groups in total. The molecule has 2 unspecified atom stereocenters. The van der Waals surface area contributed by atoms with Crippen molar-refractivity contribution in [2.24, 2.45) is 23.5 Å². The Kier molecular flexibility index (Phi) is 6.40. The molecule has 1 saturated carbocycles. The SMILES string of the molecule is CCCCCC1=C[C@H]2c3cccc(O)c3C(=O)C3=C(O)[C@]4(O)C(=O)C(C(N)=O)C(O)[C@@H](N(C)C)[C@@H]4[C@@H](O1)[C@@H]32. The summed E-state index contributed by atoms with van der Waals surface area (Å²) in [4.78, 5) is 41.4. The number of fused-ring (bicyclic) bond motifs is 4. The number of amides is 1. The highest BCUT2D eigenvalue weighted by Gasteiger charge is 2.71. The van der Waals surface area contributed by atoms with Crippen molar-refractivity contribution in [1.82, 2.24) is 4.90 Å². The van der Waals surface area contributed by atoms with Gasteiger partial charge >= 0.3 is 0 Å². The van der Waals surface area contributed by atoms with Gasteiger partial charge < -0.3 is 35.8 Å². The summed E-state index contributed by atoms with van der Waals surface area (Å²) in [5, 5.41) is 45.5. The number of primary amides is 1. The Bertz CT molecular complexity index is 1270. The summed E-state index contributed by atoms with van der Waals surface area (Å²) in [5.41, 5.74) is 3.07. The molecule has 10 heteroatoms. The second kappa shape index (κ2) is 9.21. The van der Waals surface area contributed by atoms with Crippen molar-refractivity contribution in [1.29, 1.82) is 0 Å². The third-order valence-corrected chi connectivity index (χ3v) is 8.73. The Labute approximate surface area is 220 Å². The summed E-state index contributed by atoms with van der Waals surface area (Å²) in [6.45, 7) is 2.07. The van der Waals surface area contributed by atoms with E-state index in [1.807, 2.05) is 6.08 Å². The molecule has 0 saturated heterocycles. The standard InChI is InChI=1S/C28H34N2O8/c1-4-5-6-8-12-11-14-13-9-7-10-15(31)16(13)22(32)18-17(14)24(38-12)20-21(30(2)3)23(33)19(27(29)36)26(35)28(20,37)25(18)34/h7,9-11,14,17,19-21,23-24,31,33-34,37H,4-6,8H2,1-3H3,(H2,29,36)/t14-,17+,19?,20+,21-,23?,24-,28-/m0/s1. The number of aliphatic hydroxyl groups is 3. The summed E-state index contributed by atoms with van der Waals surface area (Å²) >= 11 is 0. The predicted octanol–water partition coefficient (Wildman–Crippen LogP) is 1.30. The molecule has 4 aliphatic rings. The van der Waals surface area contributed by atoms with Crippen molar-refractivity contribution in [2.45, 2.75) is 62.4 Å². The molecule has 0 spiro atoms. The van der Waals surface area contributed by atoms with Crippen molar-refractivity contribution in [3.63, 3.8) is 0 Å². The summed E-state index contributed by atoms with van der Waals surface area (Å²) in [6, 6.07) is 3.71. The molecule has 3 aliphatic carbocycles. The predicted molar refractivity (Wildman–Crippen MR) is 135 cm³/mol. The van der Waals surface area contributed by atoms with Gasteiger partial charge in [-0.3, -0.25) is 14.4 Å². The number of ketones is 2. The summed E-state index contributed by atoms with van der Waals surface area (Å²) in [6.07, 6.45) is 2.62. The van der Waals surface area contributed by atoms with Crippen LogP contribution in [0.4, 0.5) is 0 Å². The van der Waals surface area contributed by atoms with Gasteiger partial charge in [0.15, 0.2) is 17.2 Å². The van der Waals surface area contributed by atoms with E-state index in [0.717, 1.165) is 19.3 Å². The first kappa shape index (κ1) is 26.4. The van der Waals surface area contributed by atoms with Crippen LogP contribution in [-0.4, -0.2) is 80.7 Å². The molecule has 1 aromatic carbocycles. The fourth-order valence-corrected chi connectivity index (χ4v) is 7.09. The van der Waals surface area contributed by atoms with Crippen LogP contribution in [0.1, 0.15) is 54.4 Å². The Morgan fingerprint density at radius 2 is 1.89 bits per heavy atom. The molecule has 1 fully saturated rings. The number of Topliss-reactive ketones (excluding diaryl/α,β-unsaturated/α-hetero) is 2. The van der Waals surface area contributed by atoms with Gasteiger partial charge in [0.2, 0.25) is 5.91 Å². The minimum atomic E-state index is -2.72. The minimum absolute atomic E-state index is 0.0129. The Hall–Kier alpha value is -3.21. The molecule has 0 radical (unpaired) electrons. The maximum Gasteiger partial charge on any atom is 0.230 e. The number of ether oxygens (including phenoxy) is 1. The van der Waals surface area contributed by atoms with Gasteiger partial charge in [-0.1, -0.05) is 31.9 Å². The first-order valence-electron chi connectivity index (χ1n) is 13.0. The van der Waals surface area contributed by atoms with Gasteiger partial charge in [0.05, 0.1) is 23.3 Å². The Morgan fingerprint density at radius 3 is 2.53 bits per heavy atom. The quantitative estimate of drug-likeness (QED) is 0.271. The van der Waals surface area contributed by atoms with Gasteiger partial charge in [-0.15, -0.1) is 0 Å². The molecule has 5 rings (SSSR count). The zero-order valence-electron chi connectivity index (χ0n) is 21.6. The van der Waals surface area contributed by atoms with E-state index in [-0.39, 0.29) is 16.9 Å².